The van der Waals surface area contributed by atoms with E-state index in [0.29, 0.717) is 31.4 Å². The maximum atomic E-state index is 14.8. The molecule has 1 N–H and O–H groups in total. The summed E-state index contributed by atoms with van der Waals surface area (Å²) in [5, 5.41) is 11.5. The number of aliphatic hydroxyl groups excluding tert-OH is 1. The second-order valence-corrected chi connectivity index (χ2v) is 17.2. The topological polar surface area (TPSA) is 133 Å². The van der Waals surface area contributed by atoms with Gasteiger partial charge < -0.3 is 43.3 Å². The number of benzene rings is 1. The number of nitrogens with zero attached hydrogens (tertiary/aromatic N) is 2. The average Bonchev–Trinajstić information content (AvgIpc) is 3.43. The predicted molar refractivity (Wildman–Crippen MR) is 207 cm³/mol. The van der Waals surface area contributed by atoms with Crippen molar-refractivity contribution in [3.63, 3.8) is 0 Å². The molecule has 0 saturated carbocycles. The zero-order valence-electron chi connectivity index (χ0n) is 34.5. The quantitative estimate of drug-likeness (QED) is 0.188. The third-order valence-corrected chi connectivity index (χ3v) is 12.5. The van der Waals surface area contributed by atoms with Crippen molar-refractivity contribution in [3.8, 4) is 0 Å². The standard InChI is InChI=1S/C43H66N2O10/c1-11-34-43(8)38(45(41(49)55-43)20-16-15-19-31-17-13-12-14-18-31)30(6)36(46)27(3)23-42(7)35(54-40-37(47)32(44(9)10)21-28(4)52-40)22-33(29(5)39(48)53-34)50-24-26(2)25-51-42/h12-14,17-18,27-30,32-35,37-38,40,47H,2,11,15-16,19-25H2,1,3-10H3/t27-,28-,29-,30+,32+,33-,34-,35-,37-,38?,40?,42+,43?/m1/s1. The van der Waals surface area contributed by atoms with Crippen molar-refractivity contribution < 1.29 is 47.9 Å². The number of hydrogen-bond acceptors (Lipinski definition) is 11. The Morgan fingerprint density at radius 3 is 2.38 bits per heavy atom. The van der Waals surface area contributed by atoms with Crippen LogP contribution in [0.25, 0.3) is 0 Å². The van der Waals surface area contributed by atoms with Crippen LogP contribution < -0.4 is 0 Å². The lowest BCUT2D eigenvalue weighted by Gasteiger charge is -2.46. The molecule has 55 heavy (non-hydrogen) atoms. The van der Waals surface area contributed by atoms with E-state index in [2.05, 4.69) is 18.7 Å². The van der Waals surface area contributed by atoms with Gasteiger partial charge in [0, 0.05) is 30.8 Å². The average molecular weight is 771 g/mol. The number of hydrogen-bond donors (Lipinski definition) is 1. The minimum absolute atomic E-state index is 0.0688. The fraction of sp³-hybridized carbons (Fsp3) is 0.744. The van der Waals surface area contributed by atoms with E-state index >= 15 is 0 Å². The van der Waals surface area contributed by atoms with E-state index in [-0.39, 0.29) is 44.0 Å². The van der Waals surface area contributed by atoms with Gasteiger partial charge in [0.2, 0.25) is 0 Å². The number of fused-ring (bicyclic) bond motifs is 4. The highest BCUT2D eigenvalue weighted by atomic mass is 16.7. The van der Waals surface area contributed by atoms with E-state index in [9.17, 15) is 19.5 Å². The number of carbonyl (C=O) groups is 3. The molecule has 1 amide bonds. The van der Waals surface area contributed by atoms with Crippen molar-refractivity contribution in [1.29, 1.82) is 0 Å². The van der Waals surface area contributed by atoms with Crippen LogP contribution in [0.15, 0.2) is 42.5 Å². The molecule has 4 fully saturated rings. The molecule has 5 rings (SSSR count). The smallest absolute Gasteiger partial charge is 0.410 e. The third kappa shape index (κ3) is 9.64. The Bertz CT molecular complexity index is 1490. The van der Waals surface area contributed by atoms with Crippen LogP contribution in [0.1, 0.15) is 92.6 Å². The molecule has 4 heterocycles. The number of unbranched alkanes of at least 4 members (excludes halogenated alkanes) is 1. The van der Waals surface area contributed by atoms with Crippen LogP contribution >= 0.6 is 0 Å². The van der Waals surface area contributed by atoms with Crippen molar-refractivity contribution in [2.45, 2.75) is 154 Å². The van der Waals surface area contributed by atoms with Gasteiger partial charge in [-0.2, -0.15) is 0 Å². The zero-order chi connectivity index (χ0) is 40.2. The lowest BCUT2D eigenvalue weighted by atomic mass is 9.74. The largest absolute Gasteiger partial charge is 0.458 e. The fourth-order valence-electron chi connectivity index (χ4n) is 9.27. The zero-order valence-corrected chi connectivity index (χ0v) is 34.5. The molecule has 4 aliphatic rings. The summed E-state index contributed by atoms with van der Waals surface area (Å²) in [4.78, 5) is 46.5. The van der Waals surface area contributed by atoms with Crippen LogP contribution in [-0.4, -0.2) is 127 Å². The van der Waals surface area contributed by atoms with Gasteiger partial charge in [0.1, 0.15) is 18.0 Å². The van der Waals surface area contributed by atoms with Crippen molar-refractivity contribution in [2.75, 3.05) is 33.9 Å². The molecule has 1 aromatic carbocycles. The van der Waals surface area contributed by atoms with E-state index in [0.717, 1.165) is 12.8 Å². The molecule has 308 valence electrons. The van der Waals surface area contributed by atoms with Crippen molar-refractivity contribution in [3.05, 3.63) is 48.0 Å². The van der Waals surface area contributed by atoms with Crippen LogP contribution in [0.4, 0.5) is 4.79 Å². The molecule has 1 aromatic rings. The first-order valence-electron chi connectivity index (χ1n) is 20.3. The first-order valence-corrected chi connectivity index (χ1v) is 20.3. The monoisotopic (exact) mass is 770 g/mol. The van der Waals surface area contributed by atoms with Gasteiger partial charge in [-0.1, -0.05) is 57.7 Å². The molecule has 0 spiro atoms. The summed E-state index contributed by atoms with van der Waals surface area (Å²) in [6.07, 6.45) is -1.15. The number of aliphatic hydroxyl groups is 1. The second kappa shape index (κ2) is 18.2. The molecule has 12 nitrogen and oxygen atoms in total. The summed E-state index contributed by atoms with van der Waals surface area (Å²) in [6, 6.07) is 9.30. The maximum absolute atomic E-state index is 14.8. The fourth-order valence-corrected chi connectivity index (χ4v) is 9.27. The molecule has 0 aromatic heterocycles. The minimum Gasteiger partial charge on any atom is -0.458 e. The van der Waals surface area contributed by atoms with Crippen LogP contribution in [0.5, 0.6) is 0 Å². The minimum atomic E-state index is -1.29. The van der Waals surface area contributed by atoms with Gasteiger partial charge in [-0.05, 0) is 91.5 Å². The van der Waals surface area contributed by atoms with E-state index < -0.39 is 77.8 Å². The van der Waals surface area contributed by atoms with Gasteiger partial charge in [-0.15, -0.1) is 0 Å². The first-order chi connectivity index (χ1) is 26.0. The van der Waals surface area contributed by atoms with E-state index in [1.165, 1.54) is 5.56 Å². The molecule has 12 heteroatoms. The Kier molecular flexibility index (Phi) is 14.3. The van der Waals surface area contributed by atoms with Gasteiger partial charge in [-0.3, -0.25) is 9.59 Å². The van der Waals surface area contributed by atoms with E-state index in [1.807, 2.05) is 71.8 Å². The lowest BCUT2D eigenvalue weighted by molar-refractivity contribution is -0.294. The SMILES string of the molecule is C=C1CO[C@@H]2C[C@@H](OC3O[C@H](C)C[C@H](N(C)C)[C@H]3O)[C@](C)(C[C@@H](C)C(=O)[C@H](C)C3N(CCCCc4ccccc4)C(=O)OC3(C)[C@@H](CC)OC(=O)[C@@H]2C)OC1. The number of carbonyl (C=O) groups excluding carboxylic acids is 3. The molecule has 0 radical (unpaired) electrons. The number of Topliss-reactive ketones (excluding diaryl/α,β-unsaturated/α-hetero) is 1. The van der Waals surface area contributed by atoms with Crippen molar-refractivity contribution in [1.82, 2.24) is 9.80 Å². The molecular formula is C43H66N2O10. The van der Waals surface area contributed by atoms with Gasteiger partial charge in [0.05, 0.1) is 49.1 Å². The summed E-state index contributed by atoms with van der Waals surface area (Å²) in [5.41, 5.74) is -0.508. The number of ketones is 1. The summed E-state index contributed by atoms with van der Waals surface area (Å²) in [6.45, 7) is 17.9. The second-order valence-electron chi connectivity index (χ2n) is 17.2. The highest BCUT2D eigenvalue weighted by Crippen LogP contribution is 2.43. The lowest BCUT2D eigenvalue weighted by Crippen LogP contribution is -2.59. The Morgan fingerprint density at radius 1 is 1.00 bits per heavy atom. The summed E-state index contributed by atoms with van der Waals surface area (Å²) in [7, 11) is 3.83. The van der Waals surface area contributed by atoms with Gasteiger partial charge in [0.15, 0.2) is 11.9 Å². The summed E-state index contributed by atoms with van der Waals surface area (Å²) in [5.74, 6) is -2.58. The molecule has 3 unspecified atom stereocenters. The highest BCUT2D eigenvalue weighted by molar-refractivity contribution is 5.85. The molecule has 0 aliphatic carbocycles. The maximum Gasteiger partial charge on any atom is 0.410 e. The number of ether oxygens (including phenoxy) is 6. The molecule has 13 atom stereocenters. The Balaban J connectivity index is 1.51. The normalized spacial score (nSPS) is 39.5. The number of likely N-dealkylation sites (N-methyl/N-ethyl adjacent to an activating group) is 1. The van der Waals surface area contributed by atoms with Crippen LogP contribution in [0, 0.1) is 17.8 Å². The van der Waals surface area contributed by atoms with Crippen LogP contribution in [0.2, 0.25) is 0 Å². The third-order valence-electron chi connectivity index (χ3n) is 12.5. The number of amides is 1. The molecule has 4 aliphatic heterocycles. The van der Waals surface area contributed by atoms with Crippen molar-refractivity contribution in [2.24, 2.45) is 17.8 Å². The van der Waals surface area contributed by atoms with Crippen molar-refractivity contribution >= 4 is 17.8 Å². The van der Waals surface area contributed by atoms with Crippen LogP contribution in [-0.2, 0) is 44.4 Å². The van der Waals surface area contributed by atoms with Gasteiger partial charge in [0.25, 0.3) is 0 Å². The molecular weight excluding hydrogens is 704 g/mol. The summed E-state index contributed by atoms with van der Waals surface area (Å²) >= 11 is 0. The van der Waals surface area contributed by atoms with Gasteiger partial charge in [-0.25, -0.2) is 4.79 Å². The summed E-state index contributed by atoms with van der Waals surface area (Å²) < 4.78 is 38.7. The highest BCUT2D eigenvalue weighted by Gasteiger charge is 2.60. The Hall–Kier alpha value is -2.87. The molecule has 4 saturated heterocycles. The molecule has 2 bridgehead atoms. The van der Waals surface area contributed by atoms with E-state index in [4.69, 9.17) is 28.4 Å². The number of esters is 1. The number of rotatable bonds is 9. The number of aryl methyl sites for hydroxylation is 1. The Morgan fingerprint density at radius 2 is 1.71 bits per heavy atom. The Labute approximate surface area is 328 Å². The first kappa shape index (κ1) is 43.3. The predicted octanol–water partition coefficient (Wildman–Crippen LogP) is 5.72. The van der Waals surface area contributed by atoms with Crippen LogP contribution in [0.3, 0.4) is 0 Å². The van der Waals surface area contributed by atoms with E-state index in [1.54, 1.807) is 18.7 Å². The van der Waals surface area contributed by atoms with Gasteiger partial charge >= 0.3 is 12.1 Å². The number of cyclic esters (lactones) is 1.